The predicted molar refractivity (Wildman–Crippen MR) is 122 cm³/mol. The summed E-state index contributed by atoms with van der Waals surface area (Å²) in [6.45, 7) is 2.86. The van der Waals surface area contributed by atoms with Crippen molar-refractivity contribution in [3.8, 4) is 11.5 Å². The molecule has 0 atom stereocenters. The largest absolute Gasteiger partial charge is 0.493 e. The molecule has 6 nitrogen and oxygen atoms in total. The van der Waals surface area contributed by atoms with Gasteiger partial charge in [0.05, 0.1) is 16.5 Å². The Kier molecular flexibility index (Phi) is 7.18. The van der Waals surface area contributed by atoms with Gasteiger partial charge in [-0.05, 0) is 75.9 Å². The Bertz CT molecular complexity index is 1060. The number of anilines is 1. The molecule has 0 bridgehead atoms. The van der Waals surface area contributed by atoms with Gasteiger partial charge >= 0.3 is 0 Å². The maximum atomic E-state index is 10.8. The van der Waals surface area contributed by atoms with E-state index in [-0.39, 0.29) is 12.3 Å². The third kappa shape index (κ3) is 5.43. The number of nitro benzene ring substituents is 1. The zero-order valence-corrected chi connectivity index (χ0v) is 18.8. The van der Waals surface area contributed by atoms with E-state index in [1.807, 2.05) is 37.3 Å². The molecule has 0 unspecified atom stereocenters. The molecule has 0 amide bonds. The van der Waals surface area contributed by atoms with Crippen molar-refractivity contribution in [1.82, 2.24) is 0 Å². The van der Waals surface area contributed by atoms with Crippen molar-refractivity contribution < 1.29 is 14.4 Å². The highest BCUT2D eigenvalue weighted by atomic mass is 79.9. The van der Waals surface area contributed by atoms with Crippen LogP contribution in [-0.4, -0.2) is 12.0 Å². The average molecular weight is 492 g/mol. The quantitative estimate of drug-likeness (QED) is 0.287. The van der Waals surface area contributed by atoms with Gasteiger partial charge in [-0.25, -0.2) is 0 Å². The number of rotatable bonds is 8. The van der Waals surface area contributed by atoms with Gasteiger partial charge in [0.25, 0.3) is 5.69 Å². The molecule has 30 heavy (non-hydrogen) atoms. The summed E-state index contributed by atoms with van der Waals surface area (Å²) >= 11 is 9.64. The number of nitrogens with zero attached hydrogens (tertiary/aromatic N) is 1. The van der Waals surface area contributed by atoms with E-state index in [9.17, 15) is 10.1 Å². The summed E-state index contributed by atoms with van der Waals surface area (Å²) in [6.07, 6.45) is 0. The molecule has 0 aliphatic heterocycles. The Hall–Kier alpha value is -2.77. The number of nitrogens with one attached hydrogen (secondary N) is 1. The van der Waals surface area contributed by atoms with Gasteiger partial charge in [-0.1, -0.05) is 17.7 Å². The Morgan fingerprint density at radius 2 is 1.83 bits per heavy atom. The summed E-state index contributed by atoms with van der Waals surface area (Å²) in [4.78, 5) is 10.3. The zero-order chi connectivity index (χ0) is 21.7. The van der Waals surface area contributed by atoms with Crippen molar-refractivity contribution in [3.63, 3.8) is 0 Å². The molecular weight excluding hydrogens is 472 g/mol. The van der Waals surface area contributed by atoms with Crippen molar-refractivity contribution in [1.29, 1.82) is 0 Å². The number of methoxy groups -OCH3 is 1. The average Bonchev–Trinajstić information content (AvgIpc) is 2.73. The second-order valence-corrected chi connectivity index (χ2v) is 7.92. The molecule has 0 saturated carbocycles. The van der Waals surface area contributed by atoms with Crippen LogP contribution in [0.2, 0.25) is 5.02 Å². The molecule has 0 fully saturated rings. The van der Waals surface area contributed by atoms with Crippen LogP contribution in [0.15, 0.2) is 59.1 Å². The molecule has 156 valence electrons. The fourth-order valence-electron chi connectivity index (χ4n) is 2.87. The van der Waals surface area contributed by atoms with Crippen LogP contribution in [0.3, 0.4) is 0 Å². The molecule has 0 saturated heterocycles. The first kappa shape index (κ1) is 21.9. The normalized spacial score (nSPS) is 10.5. The second-order valence-electron chi connectivity index (χ2n) is 6.63. The lowest BCUT2D eigenvalue weighted by Gasteiger charge is -2.16. The maximum Gasteiger partial charge on any atom is 0.269 e. The highest BCUT2D eigenvalue weighted by Gasteiger charge is 2.13. The third-order valence-corrected chi connectivity index (χ3v) is 5.33. The number of halogens is 2. The highest BCUT2D eigenvalue weighted by Crippen LogP contribution is 2.37. The number of nitro groups is 1. The highest BCUT2D eigenvalue weighted by molar-refractivity contribution is 9.10. The minimum atomic E-state index is -0.429. The first-order chi connectivity index (χ1) is 14.4. The van der Waals surface area contributed by atoms with E-state index in [1.54, 1.807) is 19.2 Å². The van der Waals surface area contributed by atoms with E-state index in [0.717, 1.165) is 26.9 Å². The van der Waals surface area contributed by atoms with Crippen LogP contribution in [0, 0.1) is 17.0 Å². The smallest absolute Gasteiger partial charge is 0.269 e. The van der Waals surface area contributed by atoms with E-state index in [1.165, 1.54) is 12.1 Å². The van der Waals surface area contributed by atoms with E-state index >= 15 is 0 Å². The van der Waals surface area contributed by atoms with Gasteiger partial charge in [-0.15, -0.1) is 0 Å². The van der Waals surface area contributed by atoms with Crippen LogP contribution in [0.25, 0.3) is 0 Å². The zero-order valence-electron chi connectivity index (χ0n) is 16.4. The van der Waals surface area contributed by atoms with Gasteiger partial charge in [-0.3, -0.25) is 10.1 Å². The Morgan fingerprint density at radius 3 is 2.50 bits per heavy atom. The van der Waals surface area contributed by atoms with Gasteiger partial charge in [-0.2, -0.15) is 0 Å². The summed E-state index contributed by atoms with van der Waals surface area (Å²) in [5, 5.41) is 14.8. The molecule has 0 heterocycles. The molecule has 0 spiro atoms. The lowest BCUT2D eigenvalue weighted by Crippen LogP contribution is -2.03. The molecule has 3 aromatic carbocycles. The number of ether oxygens (including phenoxy) is 2. The summed E-state index contributed by atoms with van der Waals surface area (Å²) in [5.41, 5.74) is 3.94. The van der Waals surface area contributed by atoms with Crippen LogP contribution >= 0.6 is 27.5 Å². The maximum absolute atomic E-state index is 10.8. The van der Waals surface area contributed by atoms with E-state index in [4.69, 9.17) is 21.1 Å². The van der Waals surface area contributed by atoms with Crippen LogP contribution in [0.1, 0.15) is 16.7 Å². The minimum absolute atomic E-state index is 0.0457. The second kappa shape index (κ2) is 9.82. The Morgan fingerprint density at radius 1 is 1.10 bits per heavy atom. The molecule has 3 rings (SSSR count). The van der Waals surface area contributed by atoms with Crippen LogP contribution in [0.5, 0.6) is 11.5 Å². The lowest BCUT2D eigenvalue weighted by atomic mass is 10.1. The predicted octanol–water partition coefficient (Wildman–Crippen LogP) is 6.52. The van der Waals surface area contributed by atoms with Crippen molar-refractivity contribution in [2.75, 3.05) is 12.4 Å². The molecule has 0 aliphatic carbocycles. The van der Waals surface area contributed by atoms with Crippen LogP contribution in [-0.2, 0) is 13.2 Å². The number of aryl methyl sites for hydroxylation is 1. The van der Waals surface area contributed by atoms with Gasteiger partial charge in [0.1, 0.15) is 6.61 Å². The molecular formula is C22H20BrClN2O4. The molecule has 3 aromatic rings. The number of benzene rings is 3. The SMILES string of the molecule is COc1cc(CNc2cc(Cl)ccc2C)cc(Br)c1OCc1ccc([N+](=O)[O-])cc1. The molecule has 1 N–H and O–H groups in total. The fourth-order valence-corrected chi connectivity index (χ4v) is 3.64. The number of non-ortho nitro benzene ring substituents is 1. The van der Waals surface area contributed by atoms with E-state index in [0.29, 0.717) is 23.1 Å². The van der Waals surface area contributed by atoms with Crippen molar-refractivity contribution in [2.45, 2.75) is 20.1 Å². The fraction of sp³-hybridized carbons (Fsp3) is 0.182. The van der Waals surface area contributed by atoms with E-state index < -0.39 is 4.92 Å². The van der Waals surface area contributed by atoms with Crippen molar-refractivity contribution >= 4 is 38.9 Å². The number of hydrogen-bond acceptors (Lipinski definition) is 5. The first-order valence-corrected chi connectivity index (χ1v) is 10.3. The summed E-state index contributed by atoms with van der Waals surface area (Å²) in [7, 11) is 1.58. The van der Waals surface area contributed by atoms with Gasteiger partial charge in [0.2, 0.25) is 0 Å². The third-order valence-electron chi connectivity index (χ3n) is 4.50. The summed E-state index contributed by atoms with van der Waals surface area (Å²) in [6, 6.07) is 15.8. The Balaban J connectivity index is 1.71. The number of hydrogen-bond donors (Lipinski definition) is 1. The first-order valence-electron chi connectivity index (χ1n) is 9.10. The summed E-state index contributed by atoms with van der Waals surface area (Å²) < 4.78 is 12.2. The monoisotopic (exact) mass is 490 g/mol. The molecule has 0 aromatic heterocycles. The van der Waals surface area contributed by atoms with Gasteiger partial charge in [0.15, 0.2) is 11.5 Å². The topological polar surface area (TPSA) is 73.6 Å². The van der Waals surface area contributed by atoms with Gasteiger partial charge < -0.3 is 14.8 Å². The standard InChI is InChI=1S/C22H20BrClN2O4/c1-14-3-6-17(24)11-20(14)25-12-16-9-19(23)22(21(10-16)29-2)30-13-15-4-7-18(8-5-15)26(27)28/h3-11,25H,12-13H2,1-2H3. The summed E-state index contributed by atoms with van der Waals surface area (Å²) in [5.74, 6) is 1.16. The van der Waals surface area contributed by atoms with Crippen molar-refractivity contribution in [2.24, 2.45) is 0 Å². The van der Waals surface area contributed by atoms with Crippen LogP contribution < -0.4 is 14.8 Å². The van der Waals surface area contributed by atoms with Gasteiger partial charge in [0, 0.05) is 29.4 Å². The van der Waals surface area contributed by atoms with Crippen LogP contribution in [0.4, 0.5) is 11.4 Å². The molecule has 0 radical (unpaired) electrons. The van der Waals surface area contributed by atoms with E-state index in [2.05, 4.69) is 21.2 Å². The van der Waals surface area contributed by atoms with Crippen molar-refractivity contribution in [3.05, 3.63) is 90.9 Å². The minimum Gasteiger partial charge on any atom is -0.493 e. The Labute approximate surface area is 188 Å². The molecule has 0 aliphatic rings. The molecule has 8 heteroatoms. The lowest BCUT2D eigenvalue weighted by molar-refractivity contribution is -0.384.